The summed E-state index contributed by atoms with van der Waals surface area (Å²) in [4.78, 5) is 73.0. The molecule has 2 unspecified atom stereocenters. The molecule has 17 nitrogen and oxygen atoms in total. The standard InChI is InChI=1S/C80H156O17P2/c1-7-9-11-13-15-17-19-21-23-25-27-29-31-36-40-44-52-58-64-79(84)96-75(68-90-77(82)62-56-50-43-39-35-30-28-26-24-22-20-18-16-14-12-10-8-2)70-94-98(86,87)92-66-74(81)67-93-99(88,89)95-71-76(69-91-78(83)63-57-51-47-46-49-55-61-73(5)6)97-80(85)65-59-53-45-41-37-33-32-34-38-42-48-54-60-72(3)4/h72-76,81H,7-71H2,1-6H3,(H,86,87)(H,88,89)/t74-,75-,76-/m1/s1. The summed E-state index contributed by atoms with van der Waals surface area (Å²) in [5.41, 5.74) is 0. The molecule has 99 heavy (non-hydrogen) atoms. The zero-order valence-electron chi connectivity index (χ0n) is 64.8. The van der Waals surface area contributed by atoms with Crippen LogP contribution >= 0.6 is 15.6 Å². The smallest absolute Gasteiger partial charge is 0.462 e. The Kier molecular flexibility index (Phi) is 70.3. The third-order valence-corrected chi connectivity index (χ3v) is 20.6. The van der Waals surface area contributed by atoms with E-state index in [1.807, 2.05) is 0 Å². The Morgan fingerprint density at radius 3 is 0.687 bits per heavy atom. The van der Waals surface area contributed by atoms with Gasteiger partial charge in [-0.25, -0.2) is 9.13 Å². The molecule has 0 aliphatic carbocycles. The molecule has 0 rings (SSSR count). The fourth-order valence-corrected chi connectivity index (χ4v) is 13.9. The summed E-state index contributed by atoms with van der Waals surface area (Å²) in [6.45, 7) is 9.56. The van der Waals surface area contributed by atoms with E-state index in [1.165, 1.54) is 231 Å². The second-order valence-corrected chi connectivity index (χ2v) is 32.7. The fraction of sp³-hybridized carbons (Fsp3) is 0.950. The van der Waals surface area contributed by atoms with Gasteiger partial charge < -0.3 is 33.8 Å². The van der Waals surface area contributed by atoms with E-state index in [0.717, 1.165) is 102 Å². The monoisotopic (exact) mass is 1450 g/mol. The van der Waals surface area contributed by atoms with Crippen molar-refractivity contribution >= 4 is 39.5 Å². The predicted molar refractivity (Wildman–Crippen MR) is 405 cm³/mol. The first kappa shape index (κ1) is 97.1. The SMILES string of the molecule is CCCCCCCCCCCCCCCCCCCCC(=O)O[C@H](COC(=O)CCCCCCCCCCCCCCCCCCC)COP(=O)(O)OC[C@@H](O)COP(=O)(O)OC[C@@H](COC(=O)CCCCCCCCC(C)C)OC(=O)CCCCCCCCCCCCCCC(C)C. The lowest BCUT2D eigenvalue weighted by atomic mass is 10.0. The van der Waals surface area contributed by atoms with Crippen LogP contribution < -0.4 is 0 Å². The number of ether oxygens (including phenoxy) is 4. The quantitative estimate of drug-likeness (QED) is 0.0222. The predicted octanol–water partition coefficient (Wildman–Crippen LogP) is 23.9. The van der Waals surface area contributed by atoms with Gasteiger partial charge in [0.25, 0.3) is 0 Å². The van der Waals surface area contributed by atoms with E-state index in [9.17, 15) is 43.2 Å². The number of rotatable bonds is 79. The number of esters is 4. The lowest BCUT2D eigenvalue weighted by Crippen LogP contribution is -2.30. The molecular weight excluding hydrogens is 1290 g/mol. The highest BCUT2D eigenvalue weighted by Gasteiger charge is 2.30. The van der Waals surface area contributed by atoms with Crippen molar-refractivity contribution < 1.29 is 80.2 Å². The topological polar surface area (TPSA) is 237 Å². The van der Waals surface area contributed by atoms with E-state index in [-0.39, 0.29) is 25.7 Å². The Labute approximate surface area is 607 Å². The van der Waals surface area contributed by atoms with E-state index in [0.29, 0.717) is 31.6 Å². The minimum atomic E-state index is -4.96. The molecule has 0 bridgehead atoms. The molecule has 0 saturated heterocycles. The average molecular weight is 1450 g/mol. The van der Waals surface area contributed by atoms with Crippen LogP contribution in [-0.2, 0) is 65.4 Å². The summed E-state index contributed by atoms with van der Waals surface area (Å²) < 4.78 is 68.7. The summed E-state index contributed by atoms with van der Waals surface area (Å²) in [5, 5.41) is 10.6. The highest BCUT2D eigenvalue weighted by Crippen LogP contribution is 2.45. The van der Waals surface area contributed by atoms with Gasteiger partial charge in [-0.05, 0) is 37.5 Å². The molecule has 0 heterocycles. The molecule has 0 amide bonds. The zero-order valence-corrected chi connectivity index (χ0v) is 66.6. The number of aliphatic hydroxyl groups excluding tert-OH is 1. The van der Waals surface area contributed by atoms with Crippen LogP contribution in [0.5, 0.6) is 0 Å². The largest absolute Gasteiger partial charge is 0.472 e. The maximum absolute atomic E-state index is 13.1. The van der Waals surface area contributed by atoms with Crippen molar-refractivity contribution in [3.8, 4) is 0 Å². The van der Waals surface area contributed by atoms with Crippen LogP contribution in [0, 0.1) is 11.8 Å². The first-order valence-electron chi connectivity index (χ1n) is 41.5. The van der Waals surface area contributed by atoms with Crippen LogP contribution in [0.1, 0.15) is 420 Å². The average Bonchev–Trinajstić information content (AvgIpc) is 1.07. The fourth-order valence-electron chi connectivity index (χ4n) is 12.4. The second-order valence-electron chi connectivity index (χ2n) is 29.8. The Hall–Kier alpha value is -1.94. The first-order chi connectivity index (χ1) is 47.9. The second kappa shape index (κ2) is 71.7. The van der Waals surface area contributed by atoms with Gasteiger partial charge in [0.2, 0.25) is 0 Å². The minimum Gasteiger partial charge on any atom is -0.462 e. The van der Waals surface area contributed by atoms with E-state index >= 15 is 0 Å². The number of hydrogen-bond acceptors (Lipinski definition) is 15. The Morgan fingerprint density at radius 1 is 0.273 bits per heavy atom. The highest BCUT2D eigenvalue weighted by atomic mass is 31.2. The van der Waals surface area contributed by atoms with E-state index in [4.69, 9.17) is 37.0 Å². The van der Waals surface area contributed by atoms with Gasteiger partial charge in [-0.15, -0.1) is 0 Å². The number of unbranched alkanes of at least 4 members (excludes halogenated alkanes) is 49. The van der Waals surface area contributed by atoms with Gasteiger partial charge in [-0.2, -0.15) is 0 Å². The van der Waals surface area contributed by atoms with Gasteiger partial charge in [-0.3, -0.25) is 37.3 Å². The van der Waals surface area contributed by atoms with Crippen molar-refractivity contribution in [1.29, 1.82) is 0 Å². The minimum absolute atomic E-state index is 0.106. The molecule has 0 aromatic rings. The summed E-state index contributed by atoms with van der Waals surface area (Å²) in [6.07, 6.45) is 61.2. The van der Waals surface area contributed by atoms with Crippen molar-refractivity contribution in [3.05, 3.63) is 0 Å². The summed E-state index contributed by atoms with van der Waals surface area (Å²) in [7, 11) is -9.92. The molecule has 0 aliphatic rings. The van der Waals surface area contributed by atoms with Gasteiger partial charge in [-0.1, -0.05) is 369 Å². The number of phosphoric acid groups is 2. The van der Waals surface area contributed by atoms with Crippen LogP contribution in [0.3, 0.4) is 0 Å². The van der Waals surface area contributed by atoms with Crippen molar-refractivity contribution in [3.63, 3.8) is 0 Å². The van der Waals surface area contributed by atoms with Gasteiger partial charge >= 0.3 is 39.5 Å². The van der Waals surface area contributed by atoms with Crippen molar-refractivity contribution in [2.24, 2.45) is 11.8 Å². The first-order valence-corrected chi connectivity index (χ1v) is 44.5. The third-order valence-electron chi connectivity index (χ3n) is 18.7. The lowest BCUT2D eigenvalue weighted by Gasteiger charge is -2.21. The van der Waals surface area contributed by atoms with E-state index in [1.54, 1.807) is 0 Å². The molecular formula is C80H156O17P2. The molecule has 0 fully saturated rings. The molecule has 3 N–H and O–H groups in total. The molecule has 0 saturated carbocycles. The molecule has 0 radical (unpaired) electrons. The number of phosphoric ester groups is 2. The molecule has 0 aromatic carbocycles. The van der Waals surface area contributed by atoms with Crippen molar-refractivity contribution in [1.82, 2.24) is 0 Å². The number of carbonyl (C=O) groups excluding carboxylic acids is 4. The van der Waals surface area contributed by atoms with Gasteiger partial charge in [0.05, 0.1) is 26.4 Å². The number of carbonyl (C=O) groups is 4. The molecule has 588 valence electrons. The zero-order chi connectivity index (χ0) is 72.8. The van der Waals surface area contributed by atoms with Crippen molar-refractivity contribution in [2.45, 2.75) is 439 Å². The summed E-state index contributed by atoms with van der Waals surface area (Å²) >= 11 is 0. The molecule has 0 aliphatic heterocycles. The number of aliphatic hydroxyl groups is 1. The summed E-state index contributed by atoms with van der Waals surface area (Å²) in [5.74, 6) is -0.655. The van der Waals surface area contributed by atoms with Crippen LogP contribution in [0.15, 0.2) is 0 Å². The van der Waals surface area contributed by atoms with Gasteiger partial charge in [0.15, 0.2) is 12.2 Å². The molecule has 5 atom stereocenters. The summed E-state index contributed by atoms with van der Waals surface area (Å²) in [6, 6.07) is 0. The molecule has 0 aromatic heterocycles. The van der Waals surface area contributed by atoms with E-state index in [2.05, 4.69) is 41.5 Å². The van der Waals surface area contributed by atoms with Gasteiger partial charge in [0, 0.05) is 25.7 Å². The third kappa shape index (κ3) is 74.1. The molecule has 0 spiro atoms. The maximum Gasteiger partial charge on any atom is 0.472 e. The lowest BCUT2D eigenvalue weighted by molar-refractivity contribution is -0.161. The molecule has 19 heteroatoms. The number of hydrogen-bond donors (Lipinski definition) is 3. The Balaban J connectivity index is 5.23. The van der Waals surface area contributed by atoms with Gasteiger partial charge in [0.1, 0.15) is 19.3 Å². The van der Waals surface area contributed by atoms with Crippen LogP contribution in [0.2, 0.25) is 0 Å². The highest BCUT2D eigenvalue weighted by molar-refractivity contribution is 7.47. The maximum atomic E-state index is 13.1. The Bertz CT molecular complexity index is 1910. The van der Waals surface area contributed by atoms with Crippen LogP contribution in [-0.4, -0.2) is 96.7 Å². The Morgan fingerprint density at radius 2 is 0.465 bits per heavy atom. The van der Waals surface area contributed by atoms with Crippen LogP contribution in [0.25, 0.3) is 0 Å². The van der Waals surface area contributed by atoms with E-state index < -0.39 is 97.5 Å². The van der Waals surface area contributed by atoms with Crippen molar-refractivity contribution in [2.75, 3.05) is 39.6 Å². The van der Waals surface area contributed by atoms with Crippen LogP contribution in [0.4, 0.5) is 0 Å². The normalized spacial score (nSPS) is 13.9.